The molecule has 15 heavy (non-hydrogen) atoms. The number of carbonyl (C=O) groups is 2. The smallest absolute Gasteiger partial charge is 0.407 e. The maximum absolute atomic E-state index is 11.1. The van der Waals surface area contributed by atoms with Gasteiger partial charge in [0.15, 0.2) is 0 Å². The van der Waals surface area contributed by atoms with E-state index in [0.717, 1.165) is 0 Å². The summed E-state index contributed by atoms with van der Waals surface area (Å²) < 4.78 is 4.77. The number of nitrogens with one attached hydrogen (secondary N) is 2. The number of carbonyl (C=O) groups excluding carboxylic acids is 2. The van der Waals surface area contributed by atoms with Crippen molar-refractivity contribution < 1.29 is 19.2 Å². The number of ether oxygens (including phenoxy) is 1. The lowest BCUT2D eigenvalue weighted by Crippen LogP contribution is -2.41. The summed E-state index contributed by atoms with van der Waals surface area (Å²) >= 11 is 0. The quantitative estimate of drug-likeness (QED) is 0.677. The molecule has 0 saturated carbocycles. The summed E-state index contributed by atoms with van der Waals surface area (Å²) in [6.07, 6.45) is -0.460. The van der Waals surface area contributed by atoms with E-state index in [1.807, 2.05) is 20.8 Å². The van der Waals surface area contributed by atoms with Crippen LogP contribution in [0.5, 0.6) is 0 Å². The third kappa shape index (κ3) is 9.01. The molecule has 0 unspecified atom stereocenters. The average Bonchev–Trinajstić information content (AvgIpc) is 2.00. The normalized spacial score (nSPS) is 10.7. The lowest BCUT2D eigenvalue weighted by molar-refractivity contribution is -0.131. The first-order valence-electron chi connectivity index (χ1n) is 4.62. The Kier molecular flexibility index (Phi) is 5.69. The Morgan fingerprint density at radius 1 is 1.27 bits per heavy atom. The Morgan fingerprint density at radius 2 is 1.87 bits per heavy atom. The Labute approximate surface area is 89.3 Å². The van der Waals surface area contributed by atoms with Gasteiger partial charge >= 0.3 is 6.09 Å². The Bertz CT molecular complexity index is 223. The largest absolute Gasteiger partial charge is 0.449 e. The third-order valence-electron chi connectivity index (χ3n) is 1.26. The van der Waals surface area contributed by atoms with E-state index in [1.165, 1.54) is 7.11 Å². The monoisotopic (exact) mass is 218 g/mol. The maximum Gasteiger partial charge on any atom is 0.407 e. The van der Waals surface area contributed by atoms with Gasteiger partial charge in [-0.05, 0) is 20.8 Å². The van der Waals surface area contributed by atoms with Crippen molar-refractivity contribution in [3.05, 3.63) is 0 Å². The fourth-order valence-corrected chi connectivity index (χ4v) is 0.744. The summed E-state index contributed by atoms with van der Waals surface area (Å²) in [6.45, 7) is 5.54. The van der Waals surface area contributed by atoms with Gasteiger partial charge in [-0.15, -0.1) is 0 Å². The molecule has 0 rings (SSSR count). The Morgan fingerprint density at radius 3 is 2.33 bits per heavy atom. The zero-order chi connectivity index (χ0) is 11.9. The van der Waals surface area contributed by atoms with Crippen molar-refractivity contribution in [1.29, 1.82) is 0 Å². The second-order valence-electron chi connectivity index (χ2n) is 3.99. The molecule has 6 heteroatoms. The molecule has 0 aromatic heterocycles. The van der Waals surface area contributed by atoms with Crippen LogP contribution < -0.4 is 10.8 Å². The van der Waals surface area contributed by atoms with Crippen LogP contribution >= 0.6 is 0 Å². The highest BCUT2D eigenvalue weighted by Crippen LogP contribution is 1.99. The molecule has 0 fully saturated rings. The zero-order valence-corrected chi connectivity index (χ0v) is 9.55. The van der Waals surface area contributed by atoms with Gasteiger partial charge in [-0.3, -0.25) is 9.63 Å². The first-order valence-corrected chi connectivity index (χ1v) is 4.62. The third-order valence-corrected chi connectivity index (χ3v) is 1.26. The van der Waals surface area contributed by atoms with Crippen molar-refractivity contribution in [3.63, 3.8) is 0 Å². The predicted octanol–water partition coefficient (Wildman–Crippen LogP) is 0.579. The molecule has 0 aromatic carbocycles. The van der Waals surface area contributed by atoms with E-state index in [1.54, 1.807) is 0 Å². The highest BCUT2D eigenvalue weighted by atomic mass is 16.6. The van der Waals surface area contributed by atoms with Gasteiger partial charge in [0.2, 0.25) is 5.91 Å². The van der Waals surface area contributed by atoms with Gasteiger partial charge in [0, 0.05) is 5.54 Å². The topological polar surface area (TPSA) is 76.7 Å². The SMILES string of the molecule is CONC(=O)CCOC(=O)NC(C)(C)C. The second-order valence-corrected chi connectivity index (χ2v) is 3.99. The van der Waals surface area contributed by atoms with Gasteiger partial charge in [-0.2, -0.15) is 0 Å². The number of hydroxylamine groups is 1. The fourth-order valence-electron chi connectivity index (χ4n) is 0.744. The molecule has 0 aliphatic heterocycles. The summed E-state index contributed by atoms with van der Waals surface area (Å²) in [4.78, 5) is 26.3. The minimum atomic E-state index is -0.535. The van der Waals surface area contributed by atoms with Crippen molar-refractivity contribution in [2.45, 2.75) is 32.7 Å². The van der Waals surface area contributed by atoms with Gasteiger partial charge in [0.05, 0.1) is 13.5 Å². The summed E-state index contributed by atoms with van der Waals surface area (Å²) in [7, 11) is 1.34. The molecule has 0 atom stereocenters. The predicted molar refractivity (Wildman–Crippen MR) is 54.0 cm³/mol. The van der Waals surface area contributed by atoms with Gasteiger partial charge < -0.3 is 10.1 Å². The summed E-state index contributed by atoms with van der Waals surface area (Å²) in [5.74, 6) is -0.332. The van der Waals surface area contributed by atoms with Crippen molar-refractivity contribution >= 4 is 12.0 Å². The van der Waals surface area contributed by atoms with E-state index in [9.17, 15) is 9.59 Å². The maximum atomic E-state index is 11.1. The highest BCUT2D eigenvalue weighted by molar-refractivity contribution is 5.75. The number of hydrogen-bond donors (Lipinski definition) is 2. The Hall–Kier alpha value is -1.30. The van der Waals surface area contributed by atoms with E-state index < -0.39 is 6.09 Å². The number of rotatable bonds is 4. The molecular formula is C9H18N2O4. The summed E-state index contributed by atoms with van der Waals surface area (Å²) in [5, 5.41) is 2.60. The van der Waals surface area contributed by atoms with E-state index >= 15 is 0 Å². The van der Waals surface area contributed by atoms with Gasteiger partial charge in [-0.25, -0.2) is 10.3 Å². The number of hydrogen-bond acceptors (Lipinski definition) is 4. The molecule has 2 N–H and O–H groups in total. The minimum Gasteiger partial charge on any atom is -0.449 e. The Balaban J connectivity index is 3.60. The average molecular weight is 218 g/mol. The standard InChI is InChI=1S/C9H18N2O4/c1-9(2,3)10-8(13)15-6-5-7(12)11-14-4/h5-6H2,1-4H3,(H,10,13)(H,11,12). The number of amides is 2. The minimum absolute atomic E-state index is 0.0249. The molecule has 0 aliphatic carbocycles. The summed E-state index contributed by atoms with van der Waals surface area (Å²) in [5.41, 5.74) is 1.78. The van der Waals surface area contributed by atoms with Crippen molar-refractivity contribution in [2.75, 3.05) is 13.7 Å². The fraction of sp³-hybridized carbons (Fsp3) is 0.778. The molecule has 0 aliphatic rings. The summed E-state index contributed by atoms with van der Waals surface area (Å²) in [6, 6.07) is 0. The van der Waals surface area contributed by atoms with Crippen LogP contribution in [0.25, 0.3) is 0 Å². The molecule has 0 bridgehead atoms. The van der Waals surface area contributed by atoms with Crippen LogP contribution in [0, 0.1) is 0 Å². The lowest BCUT2D eigenvalue weighted by Gasteiger charge is -2.19. The van der Waals surface area contributed by atoms with Crippen LogP contribution in [-0.2, 0) is 14.4 Å². The van der Waals surface area contributed by atoms with Crippen LogP contribution in [0.15, 0.2) is 0 Å². The van der Waals surface area contributed by atoms with E-state index in [4.69, 9.17) is 4.74 Å². The van der Waals surface area contributed by atoms with Crippen LogP contribution in [0.3, 0.4) is 0 Å². The number of alkyl carbamates (subject to hydrolysis) is 1. The molecule has 6 nitrogen and oxygen atoms in total. The van der Waals surface area contributed by atoms with Crippen LogP contribution in [0.2, 0.25) is 0 Å². The lowest BCUT2D eigenvalue weighted by atomic mass is 10.1. The molecule has 0 heterocycles. The van der Waals surface area contributed by atoms with Crippen LogP contribution in [-0.4, -0.2) is 31.3 Å². The molecule has 88 valence electrons. The van der Waals surface area contributed by atoms with Crippen LogP contribution in [0.4, 0.5) is 4.79 Å². The van der Waals surface area contributed by atoms with Crippen molar-refractivity contribution in [2.24, 2.45) is 0 Å². The highest BCUT2D eigenvalue weighted by Gasteiger charge is 2.14. The first-order chi connectivity index (χ1) is 6.85. The molecule has 0 saturated heterocycles. The second kappa shape index (κ2) is 6.23. The molecule has 0 radical (unpaired) electrons. The van der Waals surface area contributed by atoms with Crippen molar-refractivity contribution in [1.82, 2.24) is 10.8 Å². The van der Waals surface area contributed by atoms with E-state index in [0.29, 0.717) is 0 Å². The first kappa shape index (κ1) is 13.7. The zero-order valence-electron chi connectivity index (χ0n) is 9.55. The van der Waals surface area contributed by atoms with Crippen LogP contribution in [0.1, 0.15) is 27.2 Å². The molecule has 2 amide bonds. The van der Waals surface area contributed by atoms with E-state index in [-0.39, 0.29) is 24.5 Å². The van der Waals surface area contributed by atoms with Gasteiger partial charge in [0.25, 0.3) is 0 Å². The molecule has 0 spiro atoms. The van der Waals surface area contributed by atoms with Gasteiger partial charge in [0.1, 0.15) is 6.61 Å². The van der Waals surface area contributed by atoms with Crippen molar-refractivity contribution in [3.8, 4) is 0 Å². The van der Waals surface area contributed by atoms with Gasteiger partial charge in [-0.1, -0.05) is 0 Å². The molecular weight excluding hydrogens is 200 g/mol. The van der Waals surface area contributed by atoms with E-state index in [2.05, 4.69) is 15.6 Å². The molecule has 0 aromatic rings.